The molecule has 1 fully saturated rings. The summed E-state index contributed by atoms with van der Waals surface area (Å²) in [5.74, 6) is -0.859. The third-order valence-electron chi connectivity index (χ3n) is 4.11. The Morgan fingerprint density at radius 3 is 2.74 bits per heavy atom. The van der Waals surface area contributed by atoms with Crippen molar-refractivity contribution in [1.29, 1.82) is 0 Å². The Labute approximate surface area is 135 Å². The van der Waals surface area contributed by atoms with Crippen molar-refractivity contribution in [2.45, 2.75) is 19.8 Å². The molecule has 2 amide bonds. The monoisotopic (exact) mass is 322 g/mol. The molecule has 1 saturated heterocycles. The number of rotatable bonds is 5. The molecule has 5 nitrogen and oxygen atoms in total. The molecule has 2 N–H and O–H groups in total. The third-order valence-corrected chi connectivity index (χ3v) is 4.11. The molecule has 0 aliphatic carbocycles. The van der Waals surface area contributed by atoms with Crippen molar-refractivity contribution in [1.82, 2.24) is 10.2 Å². The fourth-order valence-corrected chi connectivity index (χ4v) is 2.63. The summed E-state index contributed by atoms with van der Waals surface area (Å²) in [4.78, 5) is 26.3. The van der Waals surface area contributed by atoms with E-state index < -0.39 is 0 Å². The van der Waals surface area contributed by atoms with Crippen molar-refractivity contribution in [3.63, 3.8) is 0 Å². The van der Waals surface area contributed by atoms with E-state index in [1.165, 1.54) is 24.3 Å². The molecule has 6 heteroatoms. The van der Waals surface area contributed by atoms with Crippen molar-refractivity contribution in [2.24, 2.45) is 11.8 Å². The SMILES string of the molecule is CC(CO)CNC(=O)C1CCCN(C(=O)c2ccc(F)cc2)C1. The summed E-state index contributed by atoms with van der Waals surface area (Å²) in [6.45, 7) is 3.28. The molecule has 2 rings (SSSR count). The Bertz CT molecular complexity index is 547. The maximum absolute atomic E-state index is 12.9. The van der Waals surface area contributed by atoms with Gasteiger partial charge in [-0.1, -0.05) is 6.92 Å². The Morgan fingerprint density at radius 2 is 2.09 bits per heavy atom. The van der Waals surface area contributed by atoms with Gasteiger partial charge in [0.15, 0.2) is 0 Å². The van der Waals surface area contributed by atoms with Gasteiger partial charge < -0.3 is 15.3 Å². The predicted molar refractivity (Wildman–Crippen MR) is 84.3 cm³/mol. The average molecular weight is 322 g/mol. The first-order valence-corrected chi connectivity index (χ1v) is 7.94. The number of aliphatic hydroxyl groups is 1. The molecule has 0 radical (unpaired) electrons. The lowest BCUT2D eigenvalue weighted by Crippen LogP contribution is -2.46. The second-order valence-electron chi connectivity index (χ2n) is 6.13. The van der Waals surface area contributed by atoms with Crippen LogP contribution in [-0.2, 0) is 4.79 Å². The van der Waals surface area contributed by atoms with Gasteiger partial charge in [-0.3, -0.25) is 9.59 Å². The van der Waals surface area contributed by atoms with Gasteiger partial charge in [0.25, 0.3) is 5.91 Å². The highest BCUT2D eigenvalue weighted by Gasteiger charge is 2.28. The lowest BCUT2D eigenvalue weighted by atomic mass is 9.96. The van der Waals surface area contributed by atoms with Crippen LogP contribution in [0.2, 0.25) is 0 Å². The second kappa shape index (κ2) is 8.06. The normalized spacial score (nSPS) is 19.3. The highest BCUT2D eigenvalue weighted by molar-refractivity contribution is 5.94. The summed E-state index contributed by atoms with van der Waals surface area (Å²) >= 11 is 0. The fraction of sp³-hybridized carbons (Fsp3) is 0.529. The smallest absolute Gasteiger partial charge is 0.253 e. The minimum absolute atomic E-state index is 0.0134. The zero-order valence-electron chi connectivity index (χ0n) is 13.3. The Kier molecular flexibility index (Phi) is 6.10. The van der Waals surface area contributed by atoms with Crippen molar-refractivity contribution in [3.05, 3.63) is 35.6 Å². The number of carbonyl (C=O) groups is 2. The maximum Gasteiger partial charge on any atom is 0.253 e. The van der Waals surface area contributed by atoms with E-state index in [-0.39, 0.29) is 36.1 Å². The molecule has 23 heavy (non-hydrogen) atoms. The number of halogens is 1. The Balaban J connectivity index is 1.93. The van der Waals surface area contributed by atoms with E-state index in [0.717, 1.165) is 12.8 Å². The van der Waals surface area contributed by atoms with Crippen LogP contribution in [-0.4, -0.2) is 48.1 Å². The number of benzene rings is 1. The topological polar surface area (TPSA) is 69.6 Å². The number of hydrogen-bond donors (Lipinski definition) is 2. The number of likely N-dealkylation sites (tertiary alicyclic amines) is 1. The molecule has 0 spiro atoms. The molecule has 0 bridgehead atoms. The van der Waals surface area contributed by atoms with Gasteiger partial charge in [-0.25, -0.2) is 4.39 Å². The van der Waals surface area contributed by atoms with Crippen LogP contribution in [0.4, 0.5) is 4.39 Å². The van der Waals surface area contributed by atoms with E-state index in [2.05, 4.69) is 5.32 Å². The number of hydrogen-bond acceptors (Lipinski definition) is 3. The van der Waals surface area contributed by atoms with Crippen LogP contribution in [0.1, 0.15) is 30.1 Å². The third kappa shape index (κ3) is 4.76. The van der Waals surface area contributed by atoms with Crippen molar-refractivity contribution >= 4 is 11.8 Å². The predicted octanol–water partition coefficient (Wildman–Crippen LogP) is 1.42. The minimum Gasteiger partial charge on any atom is -0.396 e. The number of amides is 2. The molecule has 1 aliphatic heterocycles. The molecule has 0 aromatic heterocycles. The van der Waals surface area contributed by atoms with Crippen LogP contribution in [0.3, 0.4) is 0 Å². The summed E-state index contributed by atoms with van der Waals surface area (Å²) in [6.07, 6.45) is 1.51. The summed E-state index contributed by atoms with van der Waals surface area (Å²) < 4.78 is 12.9. The minimum atomic E-state index is -0.379. The Hall–Kier alpha value is -1.95. The van der Waals surface area contributed by atoms with Crippen LogP contribution in [0.5, 0.6) is 0 Å². The number of nitrogens with one attached hydrogen (secondary N) is 1. The highest BCUT2D eigenvalue weighted by Crippen LogP contribution is 2.19. The first-order chi connectivity index (χ1) is 11.0. The Morgan fingerprint density at radius 1 is 1.39 bits per heavy atom. The summed E-state index contributed by atoms with van der Waals surface area (Å²) in [6, 6.07) is 5.45. The number of piperidine rings is 1. The molecule has 1 aliphatic rings. The van der Waals surface area contributed by atoms with Gasteiger partial charge in [0.05, 0.1) is 5.92 Å². The molecule has 1 heterocycles. The first-order valence-electron chi connectivity index (χ1n) is 7.94. The lowest BCUT2D eigenvalue weighted by molar-refractivity contribution is -0.126. The summed E-state index contributed by atoms with van der Waals surface area (Å²) in [7, 11) is 0. The second-order valence-corrected chi connectivity index (χ2v) is 6.13. The molecule has 126 valence electrons. The van der Waals surface area contributed by atoms with E-state index in [4.69, 9.17) is 5.11 Å². The maximum atomic E-state index is 12.9. The van der Waals surface area contributed by atoms with E-state index in [1.54, 1.807) is 4.90 Å². The van der Waals surface area contributed by atoms with Crippen molar-refractivity contribution < 1.29 is 19.1 Å². The van der Waals surface area contributed by atoms with E-state index in [9.17, 15) is 14.0 Å². The standard InChI is InChI=1S/C17H23FN2O3/c1-12(11-21)9-19-16(22)14-3-2-8-20(10-14)17(23)13-4-6-15(18)7-5-13/h4-7,12,14,21H,2-3,8-11H2,1H3,(H,19,22). The quantitative estimate of drug-likeness (QED) is 0.861. The van der Waals surface area contributed by atoms with Gasteiger partial charge in [0.1, 0.15) is 5.82 Å². The highest BCUT2D eigenvalue weighted by atomic mass is 19.1. The van der Waals surface area contributed by atoms with Gasteiger partial charge in [-0.2, -0.15) is 0 Å². The average Bonchev–Trinajstić information content (AvgIpc) is 2.59. The van der Waals surface area contributed by atoms with Gasteiger partial charge in [0, 0.05) is 31.8 Å². The van der Waals surface area contributed by atoms with E-state index >= 15 is 0 Å². The van der Waals surface area contributed by atoms with Crippen LogP contribution in [0.15, 0.2) is 24.3 Å². The van der Waals surface area contributed by atoms with Crippen LogP contribution in [0.25, 0.3) is 0 Å². The number of carbonyl (C=O) groups excluding carboxylic acids is 2. The zero-order valence-corrected chi connectivity index (χ0v) is 13.3. The van der Waals surface area contributed by atoms with E-state index in [0.29, 0.717) is 25.2 Å². The molecule has 0 saturated carbocycles. The molecule has 2 unspecified atom stereocenters. The number of nitrogens with zero attached hydrogens (tertiary/aromatic N) is 1. The molecule has 1 aromatic rings. The molecular weight excluding hydrogens is 299 g/mol. The first kappa shape index (κ1) is 17.4. The number of aliphatic hydroxyl groups excluding tert-OH is 1. The zero-order chi connectivity index (χ0) is 16.8. The van der Waals surface area contributed by atoms with Crippen LogP contribution >= 0.6 is 0 Å². The van der Waals surface area contributed by atoms with E-state index in [1.807, 2.05) is 6.92 Å². The van der Waals surface area contributed by atoms with Crippen LogP contribution in [0, 0.1) is 17.7 Å². The van der Waals surface area contributed by atoms with Crippen LogP contribution < -0.4 is 5.32 Å². The fourth-order valence-electron chi connectivity index (χ4n) is 2.63. The largest absolute Gasteiger partial charge is 0.396 e. The molecular formula is C17H23FN2O3. The molecule has 2 atom stereocenters. The lowest BCUT2D eigenvalue weighted by Gasteiger charge is -2.32. The van der Waals surface area contributed by atoms with Gasteiger partial charge in [-0.05, 0) is 43.0 Å². The van der Waals surface area contributed by atoms with Gasteiger partial charge in [0.2, 0.25) is 5.91 Å². The summed E-state index contributed by atoms with van der Waals surface area (Å²) in [5.41, 5.74) is 0.432. The van der Waals surface area contributed by atoms with Gasteiger partial charge in [-0.15, -0.1) is 0 Å². The summed E-state index contributed by atoms with van der Waals surface area (Å²) in [5, 5.41) is 11.8. The van der Waals surface area contributed by atoms with Crippen molar-refractivity contribution in [2.75, 3.05) is 26.2 Å². The molecule has 1 aromatic carbocycles. The van der Waals surface area contributed by atoms with Gasteiger partial charge >= 0.3 is 0 Å². The van der Waals surface area contributed by atoms with Crippen molar-refractivity contribution in [3.8, 4) is 0 Å².